The van der Waals surface area contributed by atoms with E-state index in [0.717, 1.165) is 37.1 Å². The van der Waals surface area contributed by atoms with Crippen molar-refractivity contribution in [2.24, 2.45) is 0 Å². The highest BCUT2D eigenvalue weighted by Crippen LogP contribution is 2.30. The minimum Gasteiger partial charge on any atom is -0.330 e. The van der Waals surface area contributed by atoms with Crippen molar-refractivity contribution in [1.82, 2.24) is 20.0 Å². The first-order valence-corrected chi connectivity index (χ1v) is 11.1. The SMILES string of the molecule is CC(C)=CCN1CCN(C(=O)c2n[nH]c3c2CCC3)[C@H]2CS(=O)(=O)C[C@H]21. The summed E-state index contributed by atoms with van der Waals surface area (Å²) in [5, 5.41) is 7.24. The van der Waals surface area contributed by atoms with Gasteiger partial charge in [0.2, 0.25) is 0 Å². The number of piperazine rings is 1. The second kappa shape index (κ2) is 6.49. The van der Waals surface area contributed by atoms with Crippen molar-refractivity contribution < 1.29 is 13.2 Å². The zero-order valence-electron chi connectivity index (χ0n) is 15.4. The molecule has 1 N–H and O–H groups in total. The number of aryl methyl sites for hydroxylation is 1. The molecule has 2 fully saturated rings. The van der Waals surface area contributed by atoms with Gasteiger partial charge in [0.05, 0.1) is 17.5 Å². The van der Waals surface area contributed by atoms with Crippen LogP contribution >= 0.6 is 0 Å². The zero-order valence-corrected chi connectivity index (χ0v) is 16.2. The van der Waals surface area contributed by atoms with E-state index >= 15 is 0 Å². The fourth-order valence-corrected chi connectivity index (χ4v) is 6.45. The Labute approximate surface area is 154 Å². The minimum atomic E-state index is -3.13. The lowest BCUT2D eigenvalue weighted by Crippen LogP contribution is -2.60. The van der Waals surface area contributed by atoms with Crippen LogP contribution in [0.2, 0.25) is 0 Å². The van der Waals surface area contributed by atoms with Crippen molar-refractivity contribution in [3.8, 4) is 0 Å². The van der Waals surface area contributed by atoms with Crippen LogP contribution in [-0.4, -0.2) is 77.5 Å². The van der Waals surface area contributed by atoms with E-state index in [1.54, 1.807) is 4.90 Å². The van der Waals surface area contributed by atoms with Crippen LogP contribution in [0, 0.1) is 0 Å². The van der Waals surface area contributed by atoms with E-state index in [-0.39, 0.29) is 29.5 Å². The number of nitrogens with zero attached hydrogens (tertiary/aromatic N) is 3. The van der Waals surface area contributed by atoms with Gasteiger partial charge in [-0.3, -0.25) is 14.8 Å². The number of hydrogen-bond donors (Lipinski definition) is 1. The number of sulfone groups is 1. The number of hydrogen-bond acceptors (Lipinski definition) is 5. The van der Waals surface area contributed by atoms with Crippen molar-refractivity contribution in [2.75, 3.05) is 31.1 Å². The van der Waals surface area contributed by atoms with Gasteiger partial charge in [0, 0.05) is 36.9 Å². The molecule has 7 nitrogen and oxygen atoms in total. The van der Waals surface area contributed by atoms with E-state index in [1.165, 1.54) is 5.57 Å². The number of aromatic amines is 1. The average molecular weight is 378 g/mol. The highest BCUT2D eigenvalue weighted by Gasteiger charge is 2.48. The Kier molecular flexibility index (Phi) is 4.43. The summed E-state index contributed by atoms with van der Waals surface area (Å²) in [4.78, 5) is 17.1. The van der Waals surface area contributed by atoms with Gasteiger partial charge in [-0.05, 0) is 33.1 Å². The van der Waals surface area contributed by atoms with E-state index in [1.807, 2.05) is 13.8 Å². The van der Waals surface area contributed by atoms with Gasteiger partial charge in [0.25, 0.3) is 5.91 Å². The molecule has 3 aliphatic rings. The number of nitrogens with one attached hydrogen (secondary N) is 1. The molecule has 4 rings (SSSR count). The van der Waals surface area contributed by atoms with Crippen LogP contribution in [0.5, 0.6) is 0 Å². The first-order valence-electron chi connectivity index (χ1n) is 9.30. The highest BCUT2D eigenvalue weighted by atomic mass is 32.2. The molecule has 26 heavy (non-hydrogen) atoms. The Bertz CT molecular complexity index is 854. The summed E-state index contributed by atoms with van der Waals surface area (Å²) in [6.45, 7) is 6.06. The van der Waals surface area contributed by atoms with Crippen molar-refractivity contribution in [1.29, 1.82) is 0 Å². The molecule has 2 aliphatic heterocycles. The molecule has 0 saturated carbocycles. The fourth-order valence-electron chi connectivity index (χ4n) is 4.44. The maximum Gasteiger partial charge on any atom is 0.275 e. The lowest BCUT2D eigenvalue weighted by atomic mass is 10.0. The number of rotatable bonds is 3. The van der Waals surface area contributed by atoms with Crippen LogP contribution in [-0.2, 0) is 22.7 Å². The third-order valence-electron chi connectivity index (χ3n) is 5.79. The monoisotopic (exact) mass is 378 g/mol. The molecular weight excluding hydrogens is 352 g/mol. The molecule has 0 radical (unpaired) electrons. The molecule has 0 aromatic carbocycles. The number of H-pyrrole nitrogens is 1. The normalized spacial score (nSPS) is 27.2. The third kappa shape index (κ3) is 3.09. The third-order valence-corrected chi connectivity index (χ3v) is 7.49. The zero-order chi connectivity index (χ0) is 18.5. The standard InChI is InChI=1S/C18H26N4O3S/c1-12(2)6-7-21-8-9-22(16-11-26(24,25)10-15(16)21)18(23)17-13-4-3-5-14(13)19-20-17/h6,15-16H,3-5,7-11H2,1-2H3,(H,19,20)/t15-,16+/m1/s1. The van der Waals surface area contributed by atoms with Gasteiger partial charge in [-0.2, -0.15) is 5.10 Å². The van der Waals surface area contributed by atoms with Crippen molar-refractivity contribution >= 4 is 15.7 Å². The van der Waals surface area contributed by atoms with Gasteiger partial charge in [-0.15, -0.1) is 0 Å². The fraction of sp³-hybridized carbons (Fsp3) is 0.667. The summed E-state index contributed by atoms with van der Waals surface area (Å²) in [6, 6.07) is -0.402. The average Bonchev–Trinajstić information content (AvgIpc) is 3.24. The van der Waals surface area contributed by atoms with Gasteiger partial charge < -0.3 is 4.90 Å². The summed E-state index contributed by atoms with van der Waals surface area (Å²) >= 11 is 0. The first-order chi connectivity index (χ1) is 12.4. The van der Waals surface area contributed by atoms with E-state index in [9.17, 15) is 13.2 Å². The molecule has 0 bridgehead atoms. The molecule has 2 atom stereocenters. The van der Waals surface area contributed by atoms with Crippen LogP contribution in [0.25, 0.3) is 0 Å². The number of carbonyl (C=O) groups excluding carboxylic acids is 1. The van der Waals surface area contributed by atoms with E-state index < -0.39 is 9.84 Å². The lowest BCUT2D eigenvalue weighted by molar-refractivity contribution is 0.0362. The smallest absolute Gasteiger partial charge is 0.275 e. The maximum atomic E-state index is 13.2. The van der Waals surface area contributed by atoms with Crippen LogP contribution < -0.4 is 0 Å². The van der Waals surface area contributed by atoms with Crippen molar-refractivity contribution in [3.63, 3.8) is 0 Å². The predicted octanol–water partition coefficient (Wildman–Crippen LogP) is 0.788. The molecule has 1 aliphatic carbocycles. The molecule has 142 valence electrons. The number of allylic oxidation sites excluding steroid dienone is 1. The molecule has 2 saturated heterocycles. The second-order valence-electron chi connectivity index (χ2n) is 7.87. The van der Waals surface area contributed by atoms with Gasteiger partial charge in [-0.25, -0.2) is 8.42 Å². The maximum absolute atomic E-state index is 13.2. The van der Waals surface area contributed by atoms with Gasteiger partial charge in [0.15, 0.2) is 15.5 Å². The number of amides is 1. The highest BCUT2D eigenvalue weighted by molar-refractivity contribution is 7.91. The Morgan fingerprint density at radius 2 is 2.00 bits per heavy atom. The number of fused-ring (bicyclic) bond motifs is 2. The first kappa shape index (κ1) is 17.7. The molecule has 1 amide bonds. The topological polar surface area (TPSA) is 86.4 Å². The van der Waals surface area contributed by atoms with Crippen LogP contribution in [0.15, 0.2) is 11.6 Å². The molecule has 1 aromatic rings. The van der Waals surface area contributed by atoms with Crippen LogP contribution in [0.1, 0.15) is 42.0 Å². The van der Waals surface area contributed by atoms with Gasteiger partial charge >= 0.3 is 0 Å². The van der Waals surface area contributed by atoms with Crippen molar-refractivity contribution in [3.05, 3.63) is 28.6 Å². The summed E-state index contributed by atoms with van der Waals surface area (Å²) in [5.74, 6) is 0.0799. The largest absolute Gasteiger partial charge is 0.330 e. The summed E-state index contributed by atoms with van der Waals surface area (Å²) in [5.41, 5.74) is 3.80. The van der Waals surface area contributed by atoms with E-state index in [2.05, 4.69) is 21.2 Å². The summed E-state index contributed by atoms with van der Waals surface area (Å²) in [7, 11) is -3.13. The Hall–Kier alpha value is -1.67. The molecule has 0 unspecified atom stereocenters. The Morgan fingerprint density at radius 1 is 1.23 bits per heavy atom. The molecule has 1 aromatic heterocycles. The number of carbonyl (C=O) groups is 1. The van der Waals surface area contributed by atoms with Crippen LogP contribution in [0.4, 0.5) is 0 Å². The molecule has 8 heteroatoms. The van der Waals surface area contributed by atoms with Crippen molar-refractivity contribution in [2.45, 2.75) is 45.2 Å². The lowest BCUT2D eigenvalue weighted by Gasteiger charge is -2.43. The summed E-state index contributed by atoms with van der Waals surface area (Å²) < 4.78 is 24.6. The van der Waals surface area contributed by atoms with Crippen LogP contribution in [0.3, 0.4) is 0 Å². The molecular formula is C18H26N4O3S. The number of aromatic nitrogens is 2. The van der Waals surface area contributed by atoms with E-state index in [0.29, 0.717) is 18.8 Å². The molecule has 3 heterocycles. The van der Waals surface area contributed by atoms with E-state index in [4.69, 9.17) is 0 Å². The van der Waals surface area contributed by atoms with Gasteiger partial charge in [0.1, 0.15) is 0 Å². The minimum absolute atomic E-state index is 0.0569. The quantitative estimate of drug-likeness (QED) is 0.786. The Morgan fingerprint density at radius 3 is 2.77 bits per heavy atom. The predicted molar refractivity (Wildman–Crippen MR) is 98.9 cm³/mol. The summed E-state index contributed by atoms with van der Waals surface area (Å²) in [6.07, 6.45) is 4.98. The van der Waals surface area contributed by atoms with Gasteiger partial charge in [-0.1, -0.05) is 11.6 Å². The second-order valence-corrected chi connectivity index (χ2v) is 10.0. The Balaban J connectivity index is 1.60. The molecule has 0 spiro atoms.